The van der Waals surface area contributed by atoms with E-state index in [4.69, 9.17) is 5.26 Å². The lowest BCUT2D eigenvalue weighted by molar-refractivity contribution is -0.267. The highest BCUT2D eigenvalue weighted by molar-refractivity contribution is 3.61. The molecule has 0 radical (unpaired) electrons. The standard InChI is InChI=1S/CH3FO2/c2-1-4-3/h3H,1H2. The molecule has 0 atom stereocenters. The van der Waals surface area contributed by atoms with Gasteiger partial charge in [0.15, 0.2) is 0 Å². The molecule has 0 aliphatic carbocycles. The van der Waals surface area contributed by atoms with E-state index in [1.807, 2.05) is 0 Å². The molecule has 0 unspecified atom stereocenters. The first-order valence-corrected chi connectivity index (χ1v) is 0.739. The Bertz CT molecular complexity index is 8.00. The summed E-state index contributed by atoms with van der Waals surface area (Å²) in [6, 6.07) is 0. The van der Waals surface area contributed by atoms with Crippen LogP contribution < -0.4 is 0 Å². The lowest BCUT2D eigenvalue weighted by Crippen LogP contribution is -1.72. The van der Waals surface area contributed by atoms with E-state index in [2.05, 4.69) is 4.89 Å². The Hall–Kier alpha value is -0.150. The molecule has 3 heteroatoms. The van der Waals surface area contributed by atoms with Gasteiger partial charge in [-0.2, -0.15) is 0 Å². The Labute approximate surface area is 22.7 Å². The minimum Gasteiger partial charge on any atom is -0.249 e. The van der Waals surface area contributed by atoms with Crippen molar-refractivity contribution in [3.05, 3.63) is 0 Å². The maximum atomic E-state index is 10.2. The van der Waals surface area contributed by atoms with Gasteiger partial charge in [-0.25, -0.2) is 14.5 Å². The molecule has 2 nitrogen and oxygen atoms in total. The van der Waals surface area contributed by atoms with Crippen molar-refractivity contribution in [3.8, 4) is 0 Å². The second kappa shape index (κ2) is 2.85. The second-order valence-corrected chi connectivity index (χ2v) is 0.238. The largest absolute Gasteiger partial charge is 0.249 e. The van der Waals surface area contributed by atoms with Gasteiger partial charge in [0.2, 0.25) is 6.86 Å². The predicted molar refractivity (Wildman–Crippen MR) is 9.69 cm³/mol. The minimum atomic E-state index is -1.12. The van der Waals surface area contributed by atoms with Crippen LogP contribution in [-0.2, 0) is 4.89 Å². The fourth-order valence-electron chi connectivity index (χ4n) is 0. The topological polar surface area (TPSA) is 29.5 Å². The number of hydrogen-bond donors (Lipinski definition) is 1. The highest BCUT2D eigenvalue weighted by atomic mass is 19.1. The van der Waals surface area contributed by atoms with Crippen LogP contribution in [0.4, 0.5) is 4.39 Å². The first-order valence-electron chi connectivity index (χ1n) is 0.739. The van der Waals surface area contributed by atoms with Gasteiger partial charge in [0.1, 0.15) is 0 Å². The van der Waals surface area contributed by atoms with E-state index in [0.29, 0.717) is 0 Å². The van der Waals surface area contributed by atoms with Crippen LogP contribution in [0.2, 0.25) is 0 Å². The SMILES string of the molecule is OOCF. The van der Waals surface area contributed by atoms with Crippen LogP contribution in [0.25, 0.3) is 0 Å². The smallest absolute Gasteiger partial charge is 0.221 e. The zero-order valence-electron chi connectivity index (χ0n) is 1.94. The first-order chi connectivity index (χ1) is 1.91. The summed E-state index contributed by atoms with van der Waals surface area (Å²) in [5.74, 6) is 0. The first kappa shape index (κ1) is 3.85. The zero-order valence-corrected chi connectivity index (χ0v) is 1.94. The van der Waals surface area contributed by atoms with Gasteiger partial charge >= 0.3 is 0 Å². The molecule has 4 heavy (non-hydrogen) atoms. The molecule has 0 aromatic carbocycles. The summed E-state index contributed by atoms with van der Waals surface area (Å²) in [4.78, 5) is 2.88. The molecule has 0 rings (SSSR count). The second-order valence-electron chi connectivity index (χ2n) is 0.238. The van der Waals surface area contributed by atoms with E-state index in [1.165, 1.54) is 0 Å². The van der Waals surface area contributed by atoms with E-state index in [-0.39, 0.29) is 0 Å². The van der Waals surface area contributed by atoms with E-state index in [9.17, 15) is 4.39 Å². The Morgan fingerprint density at radius 2 is 2.25 bits per heavy atom. The number of hydrogen-bond acceptors (Lipinski definition) is 2. The summed E-state index contributed by atoms with van der Waals surface area (Å²) in [7, 11) is 0. The predicted octanol–water partition coefficient (Wildman–Crippen LogP) is 0.403. The van der Waals surface area contributed by atoms with Crippen LogP contribution in [0.15, 0.2) is 0 Å². The zero-order chi connectivity index (χ0) is 3.41. The number of rotatable bonds is 1. The third-order valence-corrected chi connectivity index (χ3v) is 0.0488. The Morgan fingerprint density at radius 1 is 2.00 bits per heavy atom. The third-order valence-electron chi connectivity index (χ3n) is 0.0488. The normalized spacial score (nSPS) is 7.50. The van der Waals surface area contributed by atoms with Crippen LogP contribution in [0.1, 0.15) is 0 Å². The molecule has 0 aromatic heterocycles. The van der Waals surface area contributed by atoms with Crippen LogP contribution in [0.5, 0.6) is 0 Å². The van der Waals surface area contributed by atoms with Crippen molar-refractivity contribution in [3.63, 3.8) is 0 Å². The molecule has 0 amide bonds. The van der Waals surface area contributed by atoms with Crippen LogP contribution in [-0.4, -0.2) is 12.1 Å². The van der Waals surface area contributed by atoms with Gasteiger partial charge in [-0.05, 0) is 0 Å². The number of alkyl halides is 1. The van der Waals surface area contributed by atoms with Gasteiger partial charge in [0, 0.05) is 0 Å². The molecule has 0 aliphatic rings. The summed E-state index contributed by atoms with van der Waals surface area (Å²) >= 11 is 0. The molecule has 0 heterocycles. The van der Waals surface area contributed by atoms with Crippen LogP contribution in [0.3, 0.4) is 0 Å². The van der Waals surface area contributed by atoms with Gasteiger partial charge < -0.3 is 0 Å². The van der Waals surface area contributed by atoms with Crippen molar-refractivity contribution in [1.82, 2.24) is 0 Å². The number of halogens is 1. The monoisotopic (exact) mass is 66.0 g/mol. The summed E-state index contributed by atoms with van der Waals surface area (Å²) < 4.78 is 10.2. The molecule has 1 N–H and O–H groups in total. The quantitative estimate of drug-likeness (QED) is 0.354. The maximum Gasteiger partial charge on any atom is 0.221 e. The van der Waals surface area contributed by atoms with Crippen LogP contribution in [0, 0.1) is 0 Å². The molecule has 26 valence electrons. The Balaban J connectivity index is 1.97. The van der Waals surface area contributed by atoms with Crippen molar-refractivity contribution >= 4 is 0 Å². The summed E-state index contributed by atoms with van der Waals surface area (Å²) in [5, 5.41) is 7.00. The molecule has 0 saturated heterocycles. The highest BCUT2D eigenvalue weighted by Crippen LogP contribution is 1.57. The van der Waals surface area contributed by atoms with Crippen molar-refractivity contribution in [2.75, 3.05) is 6.86 Å². The summed E-state index contributed by atoms with van der Waals surface area (Å²) in [5.41, 5.74) is 0. The van der Waals surface area contributed by atoms with Crippen LogP contribution >= 0.6 is 0 Å². The summed E-state index contributed by atoms with van der Waals surface area (Å²) in [6.07, 6.45) is 0. The maximum absolute atomic E-state index is 10.2. The van der Waals surface area contributed by atoms with Crippen molar-refractivity contribution in [1.29, 1.82) is 0 Å². The van der Waals surface area contributed by atoms with Gasteiger partial charge in [-0.1, -0.05) is 0 Å². The van der Waals surface area contributed by atoms with E-state index in [0.717, 1.165) is 0 Å². The average Bonchev–Trinajstić information content (AvgIpc) is 1.37. The fraction of sp³-hybridized carbons (Fsp3) is 1.00. The van der Waals surface area contributed by atoms with Crippen molar-refractivity contribution in [2.24, 2.45) is 0 Å². The highest BCUT2D eigenvalue weighted by Gasteiger charge is 1.58. The van der Waals surface area contributed by atoms with Crippen molar-refractivity contribution in [2.45, 2.75) is 0 Å². The molecule has 0 aliphatic heterocycles. The Morgan fingerprint density at radius 3 is 2.25 bits per heavy atom. The molecular formula is CH3FO2. The molecule has 0 saturated carbocycles. The van der Waals surface area contributed by atoms with Gasteiger partial charge in [0.25, 0.3) is 0 Å². The molecule has 0 fully saturated rings. The molecule has 0 aromatic rings. The Kier molecular flexibility index (Phi) is 2.74. The lowest BCUT2D eigenvalue weighted by Gasteiger charge is -1.70. The minimum absolute atomic E-state index is 1.12. The molecule has 0 spiro atoms. The molecular weight excluding hydrogens is 63.0 g/mol. The van der Waals surface area contributed by atoms with Gasteiger partial charge in [0.05, 0.1) is 0 Å². The van der Waals surface area contributed by atoms with Gasteiger partial charge in [-0.3, -0.25) is 0 Å². The van der Waals surface area contributed by atoms with E-state index < -0.39 is 6.86 Å². The van der Waals surface area contributed by atoms with E-state index >= 15 is 0 Å². The fourth-order valence-corrected chi connectivity index (χ4v) is 0. The van der Waals surface area contributed by atoms with Crippen molar-refractivity contribution < 1.29 is 14.5 Å². The molecule has 0 bridgehead atoms. The summed E-state index contributed by atoms with van der Waals surface area (Å²) in [6.45, 7) is -1.12. The lowest BCUT2D eigenvalue weighted by atomic mass is 11.6. The van der Waals surface area contributed by atoms with E-state index in [1.54, 1.807) is 0 Å². The third kappa shape index (κ3) is 1.85. The van der Waals surface area contributed by atoms with Gasteiger partial charge in [-0.15, -0.1) is 0 Å². The average molecular weight is 66.0 g/mol.